The number of hydroxylamine groups is 3. The zero-order valence-corrected chi connectivity index (χ0v) is 13.6. The van der Waals surface area contributed by atoms with E-state index in [0.29, 0.717) is 32.1 Å². The van der Waals surface area contributed by atoms with Crippen LogP contribution in [0.4, 0.5) is 4.79 Å². The molecule has 0 N–H and O–H groups in total. The first-order valence-corrected chi connectivity index (χ1v) is 8.68. The molecule has 5 heteroatoms. The molecule has 1 aromatic rings. The third-order valence-electron chi connectivity index (χ3n) is 5.93. The van der Waals surface area contributed by atoms with Crippen molar-refractivity contribution in [3.8, 4) is 0 Å². The average Bonchev–Trinajstić information content (AvgIpc) is 2.55. The van der Waals surface area contributed by atoms with Gasteiger partial charge in [0.25, 0.3) is 0 Å². The molecule has 2 bridgehead atoms. The van der Waals surface area contributed by atoms with Gasteiger partial charge in [-0.2, -0.15) is 0 Å². The first-order chi connectivity index (χ1) is 11.1. The predicted molar refractivity (Wildman–Crippen MR) is 86.5 cm³/mol. The normalized spacial score (nSPS) is 35.7. The number of carbonyl (C=O) groups excluding carboxylic acids is 1. The summed E-state index contributed by atoms with van der Waals surface area (Å²) in [6, 6.07) is 8.31. The van der Waals surface area contributed by atoms with Crippen molar-refractivity contribution < 1.29 is 14.2 Å². The van der Waals surface area contributed by atoms with E-state index in [1.165, 1.54) is 11.1 Å². The molecule has 4 heterocycles. The number of benzene rings is 1. The highest BCUT2D eigenvalue weighted by atomic mass is 16.6. The Bertz CT molecular complexity index is 610. The molecule has 0 spiro atoms. The number of piperidine rings is 3. The molecule has 3 saturated heterocycles. The Morgan fingerprint density at radius 2 is 2.04 bits per heavy atom. The maximum Gasteiger partial charge on any atom is 0.410 e. The minimum absolute atomic E-state index is 0.0314. The zero-order valence-electron chi connectivity index (χ0n) is 13.6. The van der Waals surface area contributed by atoms with Gasteiger partial charge < -0.3 is 19.5 Å². The lowest BCUT2D eigenvalue weighted by molar-refractivity contribution is -0.900. The van der Waals surface area contributed by atoms with E-state index in [1.807, 2.05) is 17.0 Å². The van der Waals surface area contributed by atoms with Crippen LogP contribution in [-0.2, 0) is 11.2 Å². The molecule has 2 atom stereocenters. The van der Waals surface area contributed by atoms with Gasteiger partial charge in [0.05, 0.1) is 19.1 Å². The standard InChI is InChI=1S/C18H24N2O3/c1-13-16-5-3-2-4-14(16)6-9-19(13)18(21)23-17-12-20(22)10-7-15(17)8-11-20/h2-5,13,15,17H,6-12H2,1H3. The Hall–Kier alpha value is -1.59. The molecule has 5 rings (SSSR count). The molecule has 0 aromatic heterocycles. The van der Waals surface area contributed by atoms with Crippen molar-refractivity contribution in [3.63, 3.8) is 0 Å². The highest BCUT2D eigenvalue weighted by Gasteiger charge is 2.44. The lowest BCUT2D eigenvalue weighted by Crippen LogP contribution is -2.61. The minimum Gasteiger partial charge on any atom is -0.633 e. The molecule has 4 aliphatic rings. The van der Waals surface area contributed by atoms with Gasteiger partial charge >= 0.3 is 6.09 Å². The second kappa shape index (κ2) is 5.49. The fourth-order valence-corrected chi connectivity index (χ4v) is 4.44. The zero-order chi connectivity index (χ0) is 16.0. The van der Waals surface area contributed by atoms with E-state index in [2.05, 4.69) is 19.1 Å². The van der Waals surface area contributed by atoms with Crippen molar-refractivity contribution in [1.29, 1.82) is 0 Å². The van der Waals surface area contributed by atoms with E-state index < -0.39 is 0 Å². The number of hydrogen-bond donors (Lipinski definition) is 0. The molecule has 1 aromatic carbocycles. The summed E-state index contributed by atoms with van der Waals surface area (Å²) in [7, 11) is 0. The fourth-order valence-electron chi connectivity index (χ4n) is 4.44. The monoisotopic (exact) mass is 316 g/mol. The summed E-state index contributed by atoms with van der Waals surface area (Å²) in [5, 5.41) is 12.5. The van der Waals surface area contributed by atoms with Crippen molar-refractivity contribution in [2.75, 3.05) is 26.2 Å². The SMILES string of the molecule is CC1c2ccccc2CCN1C(=O)OC1C[N+]2([O-])CCC1CC2. The third-order valence-corrected chi connectivity index (χ3v) is 5.93. The van der Waals surface area contributed by atoms with Crippen molar-refractivity contribution >= 4 is 6.09 Å². The summed E-state index contributed by atoms with van der Waals surface area (Å²) < 4.78 is 5.61. The molecule has 0 saturated carbocycles. The van der Waals surface area contributed by atoms with E-state index in [9.17, 15) is 10.0 Å². The van der Waals surface area contributed by atoms with E-state index >= 15 is 0 Å². The van der Waals surface area contributed by atoms with Gasteiger partial charge in [0.1, 0.15) is 6.54 Å². The Morgan fingerprint density at radius 1 is 1.30 bits per heavy atom. The fraction of sp³-hybridized carbons (Fsp3) is 0.611. The maximum atomic E-state index is 12.7. The molecule has 4 aliphatic heterocycles. The number of fused-ring (bicyclic) bond motifs is 4. The van der Waals surface area contributed by atoms with Gasteiger partial charge in [0.15, 0.2) is 6.10 Å². The molecule has 124 valence electrons. The number of rotatable bonds is 1. The Labute approximate surface area is 137 Å². The molecule has 0 aliphatic carbocycles. The first kappa shape index (κ1) is 15.0. The quantitative estimate of drug-likeness (QED) is 0.591. The summed E-state index contributed by atoms with van der Waals surface area (Å²) in [4.78, 5) is 14.5. The van der Waals surface area contributed by atoms with Gasteiger partial charge in [-0.25, -0.2) is 4.79 Å². The van der Waals surface area contributed by atoms with Gasteiger partial charge in [-0.15, -0.1) is 0 Å². The number of nitrogens with zero attached hydrogens (tertiary/aromatic N) is 2. The van der Waals surface area contributed by atoms with Gasteiger partial charge in [-0.05, 0) is 24.5 Å². The number of ether oxygens (including phenoxy) is 1. The Morgan fingerprint density at radius 3 is 2.78 bits per heavy atom. The van der Waals surface area contributed by atoms with Crippen LogP contribution in [0.1, 0.15) is 36.9 Å². The van der Waals surface area contributed by atoms with Gasteiger partial charge in [0.2, 0.25) is 0 Å². The minimum atomic E-state index is -0.252. The highest BCUT2D eigenvalue weighted by molar-refractivity contribution is 5.69. The van der Waals surface area contributed by atoms with Gasteiger partial charge in [-0.1, -0.05) is 24.3 Å². The van der Waals surface area contributed by atoms with Crippen molar-refractivity contribution in [3.05, 3.63) is 40.6 Å². The maximum absolute atomic E-state index is 12.7. The molecule has 2 unspecified atom stereocenters. The van der Waals surface area contributed by atoms with E-state index in [4.69, 9.17) is 4.74 Å². The van der Waals surface area contributed by atoms with E-state index in [1.54, 1.807) is 0 Å². The number of carbonyl (C=O) groups is 1. The number of quaternary nitrogens is 1. The second-order valence-corrected chi connectivity index (χ2v) is 7.27. The molecule has 0 radical (unpaired) electrons. The molecular formula is C18H24N2O3. The number of amides is 1. The van der Waals surface area contributed by atoms with Crippen LogP contribution in [0.2, 0.25) is 0 Å². The molecule has 1 amide bonds. The van der Waals surface area contributed by atoms with Crippen LogP contribution < -0.4 is 0 Å². The van der Waals surface area contributed by atoms with Crippen LogP contribution in [-0.4, -0.2) is 47.9 Å². The lowest BCUT2D eigenvalue weighted by Gasteiger charge is -2.55. The van der Waals surface area contributed by atoms with Crippen LogP contribution in [0.15, 0.2) is 24.3 Å². The average molecular weight is 316 g/mol. The van der Waals surface area contributed by atoms with Crippen LogP contribution in [0.5, 0.6) is 0 Å². The predicted octanol–water partition coefficient (Wildman–Crippen LogP) is 2.85. The van der Waals surface area contributed by atoms with Crippen LogP contribution in [0, 0.1) is 11.1 Å². The van der Waals surface area contributed by atoms with Gasteiger partial charge in [0, 0.05) is 25.3 Å². The molecule has 5 nitrogen and oxygen atoms in total. The number of hydrogen-bond acceptors (Lipinski definition) is 3. The smallest absolute Gasteiger partial charge is 0.410 e. The molecule has 23 heavy (non-hydrogen) atoms. The molecular weight excluding hydrogens is 292 g/mol. The van der Waals surface area contributed by atoms with Gasteiger partial charge in [-0.3, -0.25) is 0 Å². The topological polar surface area (TPSA) is 52.6 Å². The second-order valence-electron chi connectivity index (χ2n) is 7.27. The van der Waals surface area contributed by atoms with Crippen molar-refractivity contribution in [1.82, 2.24) is 4.90 Å². The summed E-state index contributed by atoms with van der Waals surface area (Å²) in [5.74, 6) is 0.375. The summed E-state index contributed by atoms with van der Waals surface area (Å²) >= 11 is 0. The summed E-state index contributed by atoms with van der Waals surface area (Å²) in [6.45, 7) is 4.55. The first-order valence-electron chi connectivity index (χ1n) is 8.68. The highest BCUT2D eigenvalue weighted by Crippen LogP contribution is 2.36. The summed E-state index contributed by atoms with van der Waals surface area (Å²) in [5.41, 5.74) is 2.52. The van der Waals surface area contributed by atoms with Crippen molar-refractivity contribution in [2.24, 2.45) is 5.92 Å². The largest absolute Gasteiger partial charge is 0.633 e. The van der Waals surface area contributed by atoms with Crippen molar-refractivity contribution in [2.45, 2.75) is 38.3 Å². The van der Waals surface area contributed by atoms with Crippen LogP contribution >= 0.6 is 0 Å². The van der Waals surface area contributed by atoms with E-state index in [-0.39, 0.29) is 22.9 Å². The Balaban J connectivity index is 1.46. The summed E-state index contributed by atoms with van der Waals surface area (Å²) in [6.07, 6.45) is 2.19. The lowest BCUT2D eigenvalue weighted by atomic mass is 9.85. The Kier molecular flexibility index (Phi) is 3.58. The van der Waals surface area contributed by atoms with Crippen LogP contribution in [0.3, 0.4) is 0 Å². The van der Waals surface area contributed by atoms with Crippen LogP contribution in [0.25, 0.3) is 0 Å². The third kappa shape index (κ3) is 2.62. The van der Waals surface area contributed by atoms with E-state index in [0.717, 1.165) is 19.3 Å². The molecule has 3 fully saturated rings.